The van der Waals surface area contributed by atoms with Gasteiger partial charge in [-0.1, -0.05) is 61.5 Å². The van der Waals surface area contributed by atoms with Crippen LogP contribution in [0, 0.1) is 6.92 Å². The van der Waals surface area contributed by atoms with Crippen molar-refractivity contribution in [3.8, 4) is 11.4 Å². The average Bonchev–Trinajstić information content (AvgIpc) is 3.10. The Bertz CT molecular complexity index is 934. The van der Waals surface area contributed by atoms with Gasteiger partial charge in [-0.15, -0.1) is 10.2 Å². The molecule has 3 rings (SSSR count). The molecule has 0 spiro atoms. The molecule has 1 aromatic heterocycles. The van der Waals surface area contributed by atoms with Crippen LogP contribution >= 0.6 is 11.8 Å². The van der Waals surface area contributed by atoms with Crippen LogP contribution in [0.25, 0.3) is 11.4 Å². The van der Waals surface area contributed by atoms with Crippen molar-refractivity contribution in [2.24, 2.45) is 0 Å². The number of aryl methyl sites for hydroxylation is 2. The summed E-state index contributed by atoms with van der Waals surface area (Å²) in [4.78, 5) is 12.3. The number of carbonyl (C=O) groups is 1. The van der Waals surface area contributed by atoms with E-state index in [1.807, 2.05) is 36.4 Å². The summed E-state index contributed by atoms with van der Waals surface area (Å²) in [7, 11) is 0. The third-order valence-corrected chi connectivity index (χ3v) is 5.39. The van der Waals surface area contributed by atoms with Crippen LogP contribution in [0.3, 0.4) is 0 Å². The van der Waals surface area contributed by atoms with Gasteiger partial charge in [0.1, 0.15) is 0 Å². The number of carbonyl (C=O) groups excluding carboxylic acids is 1. The van der Waals surface area contributed by atoms with Crippen molar-refractivity contribution in [2.75, 3.05) is 11.1 Å². The monoisotopic (exact) mass is 394 g/mol. The van der Waals surface area contributed by atoms with Crippen LogP contribution in [0.2, 0.25) is 0 Å². The van der Waals surface area contributed by atoms with Gasteiger partial charge in [-0.3, -0.25) is 4.79 Å². The second-order valence-electron chi connectivity index (χ2n) is 6.71. The van der Waals surface area contributed by atoms with Crippen LogP contribution in [-0.4, -0.2) is 26.4 Å². The number of thioether (sulfide) groups is 1. The number of nitrogens with one attached hydrogen (secondary N) is 1. The van der Waals surface area contributed by atoms with Crippen LogP contribution < -0.4 is 5.32 Å². The number of hydrogen-bond donors (Lipinski definition) is 1. The van der Waals surface area contributed by atoms with E-state index >= 15 is 0 Å². The maximum absolute atomic E-state index is 12.3. The molecule has 1 N–H and O–H groups in total. The number of anilines is 1. The predicted molar refractivity (Wildman–Crippen MR) is 116 cm³/mol. The molecule has 0 aliphatic rings. The van der Waals surface area contributed by atoms with Crippen molar-refractivity contribution < 1.29 is 4.79 Å². The van der Waals surface area contributed by atoms with E-state index in [9.17, 15) is 4.79 Å². The molecule has 0 saturated carbocycles. The summed E-state index contributed by atoms with van der Waals surface area (Å²) in [5.74, 6) is 1.10. The lowest BCUT2D eigenvalue weighted by Crippen LogP contribution is -2.14. The quantitative estimate of drug-likeness (QED) is 0.549. The zero-order valence-electron chi connectivity index (χ0n) is 16.6. The van der Waals surface area contributed by atoms with Gasteiger partial charge in [0.15, 0.2) is 11.0 Å². The summed E-state index contributed by atoms with van der Waals surface area (Å²) in [5.41, 5.74) is 4.31. The lowest BCUT2D eigenvalue weighted by Gasteiger charge is -2.10. The molecule has 0 atom stereocenters. The summed E-state index contributed by atoms with van der Waals surface area (Å²) in [6.07, 6.45) is 1.96. The van der Waals surface area contributed by atoms with Gasteiger partial charge in [-0.25, -0.2) is 0 Å². The van der Waals surface area contributed by atoms with E-state index in [4.69, 9.17) is 0 Å². The van der Waals surface area contributed by atoms with Crippen LogP contribution in [0.4, 0.5) is 5.69 Å². The molecule has 0 fully saturated rings. The van der Waals surface area contributed by atoms with Gasteiger partial charge in [0.25, 0.3) is 0 Å². The Morgan fingerprint density at radius 2 is 1.89 bits per heavy atom. The zero-order valence-corrected chi connectivity index (χ0v) is 17.4. The molecule has 1 heterocycles. The summed E-state index contributed by atoms with van der Waals surface area (Å²) < 4.78 is 2.10. The van der Waals surface area contributed by atoms with Gasteiger partial charge in [0, 0.05) is 17.8 Å². The van der Waals surface area contributed by atoms with Crippen molar-refractivity contribution in [3.63, 3.8) is 0 Å². The van der Waals surface area contributed by atoms with E-state index in [2.05, 4.69) is 53.0 Å². The molecule has 3 aromatic rings. The smallest absolute Gasteiger partial charge is 0.234 e. The minimum Gasteiger partial charge on any atom is -0.325 e. The Morgan fingerprint density at radius 1 is 1.11 bits per heavy atom. The summed E-state index contributed by atoms with van der Waals surface area (Å²) in [6.45, 7) is 7.12. The summed E-state index contributed by atoms with van der Waals surface area (Å²) in [6, 6.07) is 16.2. The molecule has 0 unspecified atom stereocenters. The second-order valence-corrected chi connectivity index (χ2v) is 7.66. The van der Waals surface area contributed by atoms with Crippen molar-refractivity contribution >= 4 is 23.4 Å². The predicted octanol–water partition coefficient (Wildman–Crippen LogP) is 4.96. The van der Waals surface area contributed by atoms with Gasteiger partial charge >= 0.3 is 0 Å². The first-order chi connectivity index (χ1) is 13.6. The SMILES string of the molecule is CCCn1c(SCC(=O)Nc2ccc(CC)cc2)nnc1-c1cccc(C)c1. The third kappa shape index (κ3) is 5.01. The van der Waals surface area contributed by atoms with Crippen LogP contribution in [-0.2, 0) is 17.8 Å². The van der Waals surface area contributed by atoms with Gasteiger partial charge < -0.3 is 9.88 Å². The van der Waals surface area contributed by atoms with Crippen molar-refractivity contribution in [1.82, 2.24) is 14.8 Å². The normalized spacial score (nSPS) is 10.8. The van der Waals surface area contributed by atoms with Crippen LogP contribution in [0.1, 0.15) is 31.4 Å². The molecule has 5 nitrogen and oxygen atoms in total. The van der Waals surface area contributed by atoms with E-state index in [1.54, 1.807) is 0 Å². The van der Waals surface area contributed by atoms with Crippen LogP contribution in [0.15, 0.2) is 53.7 Å². The van der Waals surface area contributed by atoms with E-state index in [0.717, 1.165) is 41.6 Å². The lowest BCUT2D eigenvalue weighted by molar-refractivity contribution is -0.113. The molecule has 6 heteroatoms. The first-order valence-electron chi connectivity index (χ1n) is 9.62. The molecule has 0 saturated heterocycles. The van der Waals surface area contributed by atoms with E-state index in [1.165, 1.54) is 22.9 Å². The van der Waals surface area contributed by atoms with Crippen molar-refractivity contribution in [1.29, 1.82) is 0 Å². The fourth-order valence-corrected chi connectivity index (χ4v) is 3.73. The first-order valence-corrected chi connectivity index (χ1v) is 10.6. The molecule has 0 aliphatic heterocycles. The first kappa shape index (κ1) is 20.1. The summed E-state index contributed by atoms with van der Waals surface area (Å²) in [5, 5.41) is 12.4. The Balaban J connectivity index is 1.68. The fraction of sp³-hybridized carbons (Fsp3) is 0.318. The molecular weight excluding hydrogens is 368 g/mol. The molecule has 28 heavy (non-hydrogen) atoms. The highest BCUT2D eigenvalue weighted by atomic mass is 32.2. The minimum atomic E-state index is -0.0441. The molecule has 0 radical (unpaired) electrons. The number of nitrogens with zero attached hydrogens (tertiary/aromatic N) is 3. The molecular formula is C22H26N4OS. The zero-order chi connectivity index (χ0) is 19.9. The minimum absolute atomic E-state index is 0.0441. The summed E-state index contributed by atoms with van der Waals surface area (Å²) >= 11 is 1.42. The van der Waals surface area contributed by atoms with Crippen molar-refractivity contribution in [3.05, 3.63) is 59.7 Å². The van der Waals surface area contributed by atoms with Crippen molar-refractivity contribution in [2.45, 2.75) is 45.3 Å². The highest BCUT2D eigenvalue weighted by Gasteiger charge is 2.15. The molecule has 1 amide bonds. The third-order valence-electron chi connectivity index (χ3n) is 4.42. The van der Waals surface area contributed by atoms with Gasteiger partial charge in [0.2, 0.25) is 5.91 Å². The molecule has 0 bridgehead atoms. The maximum Gasteiger partial charge on any atom is 0.234 e. The molecule has 0 aliphatic carbocycles. The number of benzene rings is 2. The second kappa shape index (κ2) is 9.55. The maximum atomic E-state index is 12.3. The van der Waals surface area contributed by atoms with E-state index in [-0.39, 0.29) is 5.91 Å². The number of rotatable bonds is 8. The number of aromatic nitrogens is 3. The van der Waals surface area contributed by atoms with Crippen LogP contribution in [0.5, 0.6) is 0 Å². The standard InChI is InChI=1S/C22H26N4OS/c1-4-13-26-21(18-8-6-7-16(3)14-18)24-25-22(26)28-15-20(27)23-19-11-9-17(5-2)10-12-19/h6-12,14H,4-5,13,15H2,1-3H3,(H,23,27). The van der Waals surface area contributed by atoms with Gasteiger partial charge in [-0.2, -0.15) is 0 Å². The Morgan fingerprint density at radius 3 is 2.57 bits per heavy atom. The fourth-order valence-electron chi connectivity index (χ4n) is 2.97. The highest BCUT2D eigenvalue weighted by molar-refractivity contribution is 7.99. The number of amides is 1. The Labute approximate surface area is 170 Å². The molecule has 146 valence electrons. The largest absolute Gasteiger partial charge is 0.325 e. The van der Waals surface area contributed by atoms with Gasteiger partial charge in [-0.05, 0) is 43.5 Å². The van der Waals surface area contributed by atoms with E-state index < -0.39 is 0 Å². The Kier molecular flexibility index (Phi) is 6.87. The molecule has 2 aromatic carbocycles. The average molecular weight is 395 g/mol. The number of hydrogen-bond acceptors (Lipinski definition) is 4. The topological polar surface area (TPSA) is 59.8 Å². The highest BCUT2D eigenvalue weighted by Crippen LogP contribution is 2.25. The van der Waals surface area contributed by atoms with Gasteiger partial charge in [0.05, 0.1) is 5.75 Å². The van der Waals surface area contributed by atoms with E-state index in [0.29, 0.717) is 5.75 Å². The lowest BCUT2D eigenvalue weighted by atomic mass is 10.1. The Hall–Kier alpha value is -2.60.